The minimum absolute atomic E-state index is 0.564. The Bertz CT molecular complexity index is 3910. The Morgan fingerprint density at radius 1 is 0.349 bits per heavy atom. The minimum atomic E-state index is 0.564. The molecule has 0 bridgehead atoms. The summed E-state index contributed by atoms with van der Waals surface area (Å²) in [4.78, 5) is 26.6. The Labute approximate surface area is 369 Å². The molecule has 0 fully saturated rings. The average molecular weight is 841 g/mol. The summed E-state index contributed by atoms with van der Waals surface area (Å²) in [6.07, 6.45) is 0. The van der Waals surface area contributed by atoms with E-state index in [2.05, 4.69) is 174 Å². The van der Waals surface area contributed by atoms with Crippen molar-refractivity contribution in [2.24, 2.45) is 0 Å². The molecule has 5 aromatic heterocycles. The lowest BCUT2D eigenvalue weighted by Crippen LogP contribution is -2.06. The van der Waals surface area contributed by atoms with Gasteiger partial charge in [-0.2, -0.15) is 9.97 Å². The first-order valence-electron chi connectivity index (χ1n) is 20.8. The molecule has 0 saturated heterocycles. The normalized spacial score (nSPS) is 11.8. The van der Waals surface area contributed by atoms with Crippen molar-refractivity contribution in [1.82, 2.24) is 29.5 Å². The van der Waals surface area contributed by atoms with E-state index < -0.39 is 0 Å². The Hall–Kier alpha value is -7.91. The summed E-state index contributed by atoms with van der Waals surface area (Å²) in [7, 11) is 0. The number of rotatable bonds is 6. The molecule has 6 nitrogen and oxygen atoms in total. The van der Waals surface area contributed by atoms with Crippen LogP contribution >= 0.6 is 22.7 Å². The maximum Gasteiger partial charge on any atom is 0.238 e. The van der Waals surface area contributed by atoms with E-state index in [1.807, 2.05) is 24.3 Å². The van der Waals surface area contributed by atoms with Crippen molar-refractivity contribution >= 4 is 85.0 Å². The summed E-state index contributed by atoms with van der Waals surface area (Å²) in [5.41, 5.74) is 10.2. The van der Waals surface area contributed by atoms with Gasteiger partial charge in [0.1, 0.15) is 0 Å². The molecule has 0 saturated carbocycles. The van der Waals surface area contributed by atoms with Crippen LogP contribution in [0.5, 0.6) is 0 Å². The number of nitrogens with zero attached hydrogens (tertiary/aromatic N) is 6. The molecule has 0 spiro atoms. The maximum absolute atomic E-state index is 5.38. The van der Waals surface area contributed by atoms with Crippen molar-refractivity contribution in [2.45, 2.75) is 0 Å². The van der Waals surface area contributed by atoms with Gasteiger partial charge in [0.2, 0.25) is 5.95 Å². The third-order valence-corrected chi connectivity index (χ3v) is 14.3. The molecule has 63 heavy (non-hydrogen) atoms. The highest BCUT2D eigenvalue weighted by molar-refractivity contribution is 7.26. The fourth-order valence-corrected chi connectivity index (χ4v) is 11.4. The van der Waals surface area contributed by atoms with Crippen LogP contribution in [-0.4, -0.2) is 29.5 Å². The first kappa shape index (κ1) is 35.8. The smallest absolute Gasteiger partial charge is 0.238 e. The molecule has 0 atom stereocenters. The van der Waals surface area contributed by atoms with Crippen LogP contribution in [0.4, 0.5) is 0 Å². The highest BCUT2D eigenvalue weighted by Gasteiger charge is 2.23. The van der Waals surface area contributed by atoms with Crippen LogP contribution < -0.4 is 0 Å². The third kappa shape index (κ3) is 5.80. The zero-order valence-electron chi connectivity index (χ0n) is 33.5. The number of para-hydroxylation sites is 1. The molecule has 0 N–H and O–H groups in total. The van der Waals surface area contributed by atoms with Gasteiger partial charge in [-0.1, -0.05) is 158 Å². The van der Waals surface area contributed by atoms with E-state index in [0.717, 1.165) is 91.1 Å². The lowest BCUT2D eigenvalue weighted by molar-refractivity contribution is 0.954. The van der Waals surface area contributed by atoms with E-state index in [4.69, 9.17) is 24.9 Å². The summed E-state index contributed by atoms with van der Waals surface area (Å²) in [6.45, 7) is 0. The Kier molecular flexibility index (Phi) is 8.15. The van der Waals surface area contributed by atoms with Gasteiger partial charge in [-0.25, -0.2) is 15.0 Å². The highest BCUT2D eigenvalue weighted by Crippen LogP contribution is 2.45. The standard InChI is InChI=1S/C55H32N6S2/c1-4-16-33(17-5-1)36-30-31-44-42(32-36)37-22-10-12-27-43(37)61(44)55-59-52(35-20-8-3-9-21-35)58-54(60-55)41-26-14-24-39-47-40(25-15-29-46(47)63-50(39)41)53-56-48(34-18-6-2-7-19-34)51-49(57-53)38-23-11-13-28-45(38)62-51/h1-32H. The number of aromatic nitrogens is 6. The van der Waals surface area contributed by atoms with Gasteiger partial charge < -0.3 is 0 Å². The first-order valence-corrected chi connectivity index (χ1v) is 22.5. The van der Waals surface area contributed by atoms with Gasteiger partial charge in [-0.05, 0) is 47.5 Å². The zero-order valence-corrected chi connectivity index (χ0v) is 35.1. The van der Waals surface area contributed by atoms with Crippen LogP contribution in [0.2, 0.25) is 0 Å². The number of benzene rings is 8. The van der Waals surface area contributed by atoms with Gasteiger partial charge in [0.25, 0.3) is 0 Å². The molecule has 0 aliphatic heterocycles. The molecule has 5 heterocycles. The summed E-state index contributed by atoms with van der Waals surface area (Å²) in [5.74, 6) is 2.49. The molecular weight excluding hydrogens is 809 g/mol. The molecule has 13 rings (SSSR count). The quantitative estimate of drug-likeness (QED) is 0.167. The molecule has 294 valence electrons. The van der Waals surface area contributed by atoms with E-state index in [1.54, 1.807) is 22.7 Å². The Morgan fingerprint density at radius 3 is 1.78 bits per heavy atom. The Balaban J connectivity index is 1.04. The largest absolute Gasteiger partial charge is 0.278 e. The van der Waals surface area contributed by atoms with Gasteiger partial charge >= 0.3 is 0 Å². The molecule has 0 unspecified atom stereocenters. The second kappa shape index (κ2) is 14.3. The molecule has 0 aliphatic rings. The summed E-state index contributed by atoms with van der Waals surface area (Å²) >= 11 is 3.50. The molecule has 13 aromatic rings. The zero-order chi connectivity index (χ0) is 41.4. The molecule has 0 amide bonds. The summed E-state index contributed by atoms with van der Waals surface area (Å²) in [6, 6.07) is 67.8. The SMILES string of the molecule is c1ccc(-c2ccc3c(c2)c2ccccc2n3-c2nc(-c3ccccc3)nc(-c3cccc4c3sc3cccc(-c5nc(-c6ccccc6)c6sc7ccccc7c6n5)c34)n2)cc1. The monoisotopic (exact) mass is 840 g/mol. The summed E-state index contributed by atoms with van der Waals surface area (Å²) < 4.78 is 6.71. The number of hydrogen-bond donors (Lipinski definition) is 0. The maximum atomic E-state index is 5.38. The van der Waals surface area contributed by atoms with Crippen molar-refractivity contribution in [2.75, 3.05) is 0 Å². The van der Waals surface area contributed by atoms with Gasteiger partial charge in [-0.15, -0.1) is 22.7 Å². The van der Waals surface area contributed by atoms with E-state index in [9.17, 15) is 0 Å². The van der Waals surface area contributed by atoms with E-state index in [0.29, 0.717) is 23.4 Å². The average Bonchev–Trinajstić information content (AvgIpc) is 4.04. The van der Waals surface area contributed by atoms with Gasteiger partial charge in [0, 0.05) is 63.3 Å². The molecule has 8 heteroatoms. The van der Waals surface area contributed by atoms with E-state index in [-0.39, 0.29) is 0 Å². The van der Waals surface area contributed by atoms with Crippen molar-refractivity contribution in [3.63, 3.8) is 0 Å². The van der Waals surface area contributed by atoms with E-state index in [1.165, 1.54) is 10.3 Å². The predicted molar refractivity (Wildman–Crippen MR) is 263 cm³/mol. The molecular formula is C55H32N6S2. The minimum Gasteiger partial charge on any atom is -0.278 e. The van der Waals surface area contributed by atoms with Crippen molar-refractivity contribution in [3.05, 3.63) is 194 Å². The fourth-order valence-electron chi connectivity index (χ4n) is 9.01. The van der Waals surface area contributed by atoms with Gasteiger partial charge in [0.05, 0.1) is 26.9 Å². The lowest BCUT2D eigenvalue weighted by atomic mass is 10.0. The van der Waals surface area contributed by atoms with E-state index >= 15 is 0 Å². The summed E-state index contributed by atoms with van der Waals surface area (Å²) in [5, 5.41) is 5.64. The second-order valence-electron chi connectivity index (χ2n) is 15.6. The topological polar surface area (TPSA) is 69.4 Å². The number of fused-ring (bicyclic) bond motifs is 9. The van der Waals surface area contributed by atoms with Crippen molar-refractivity contribution in [1.29, 1.82) is 0 Å². The van der Waals surface area contributed by atoms with Crippen LogP contribution in [0, 0.1) is 0 Å². The fraction of sp³-hybridized carbons (Fsp3) is 0. The van der Waals surface area contributed by atoms with Crippen LogP contribution in [0.15, 0.2) is 194 Å². The highest BCUT2D eigenvalue weighted by atomic mass is 32.1. The first-order chi connectivity index (χ1) is 31.2. The molecule has 0 aliphatic carbocycles. The van der Waals surface area contributed by atoms with Crippen molar-refractivity contribution in [3.8, 4) is 62.5 Å². The third-order valence-electron chi connectivity index (χ3n) is 11.9. The predicted octanol–water partition coefficient (Wildman–Crippen LogP) is 14.8. The Morgan fingerprint density at radius 2 is 0.952 bits per heavy atom. The van der Waals surface area contributed by atoms with Crippen molar-refractivity contribution < 1.29 is 0 Å². The van der Waals surface area contributed by atoms with Gasteiger partial charge in [-0.3, -0.25) is 4.57 Å². The van der Waals surface area contributed by atoms with Gasteiger partial charge in [0.15, 0.2) is 17.5 Å². The van der Waals surface area contributed by atoms with Crippen LogP contribution in [0.25, 0.3) is 125 Å². The van der Waals surface area contributed by atoms with Crippen LogP contribution in [-0.2, 0) is 0 Å². The lowest BCUT2D eigenvalue weighted by Gasteiger charge is -2.11. The molecule has 8 aromatic carbocycles. The molecule has 0 radical (unpaired) electrons. The number of hydrogen-bond acceptors (Lipinski definition) is 7. The second-order valence-corrected chi connectivity index (χ2v) is 17.7. The number of thiophene rings is 2. The van der Waals surface area contributed by atoms with Crippen LogP contribution in [0.1, 0.15) is 0 Å². The van der Waals surface area contributed by atoms with Crippen LogP contribution in [0.3, 0.4) is 0 Å².